The van der Waals surface area contributed by atoms with Gasteiger partial charge in [-0.3, -0.25) is 4.79 Å². The van der Waals surface area contributed by atoms with Crippen LogP contribution < -0.4 is 15.4 Å². The Bertz CT molecular complexity index is 327. The predicted molar refractivity (Wildman–Crippen MR) is 68.1 cm³/mol. The maximum absolute atomic E-state index is 11.4. The Hall–Kier alpha value is -1.55. The first-order valence-electron chi connectivity index (χ1n) is 5.87. The second kappa shape index (κ2) is 7.68. The zero-order chi connectivity index (χ0) is 12.5. The first-order valence-corrected chi connectivity index (χ1v) is 5.87. The molecule has 1 amide bonds. The molecule has 1 atom stereocenters. The van der Waals surface area contributed by atoms with Crippen molar-refractivity contribution in [2.75, 3.05) is 20.2 Å². The first kappa shape index (κ1) is 13.5. The Labute approximate surface area is 102 Å². The molecule has 0 aliphatic heterocycles. The van der Waals surface area contributed by atoms with E-state index >= 15 is 0 Å². The maximum atomic E-state index is 11.4. The van der Waals surface area contributed by atoms with Gasteiger partial charge in [0, 0.05) is 6.54 Å². The van der Waals surface area contributed by atoms with E-state index in [4.69, 9.17) is 4.74 Å². The van der Waals surface area contributed by atoms with E-state index in [1.807, 2.05) is 37.3 Å². The highest BCUT2D eigenvalue weighted by Gasteiger charge is 2.08. The van der Waals surface area contributed by atoms with Crippen LogP contribution in [-0.2, 0) is 4.79 Å². The highest BCUT2D eigenvalue weighted by atomic mass is 16.5. The molecule has 2 N–H and O–H groups in total. The van der Waals surface area contributed by atoms with Crippen LogP contribution in [-0.4, -0.2) is 32.1 Å². The summed E-state index contributed by atoms with van der Waals surface area (Å²) >= 11 is 0. The van der Waals surface area contributed by atoms with E-state index in [0.29, 0.717) is 13.2 Å². The van der Waals surface area contributed by atoms with E-state index in [-0.39, 0.29) is 11.9 Å². The van der Waals surface area contributed by atoms with Gasteiger partial charge in [-0.15, -0.1) is 0 Å². The smallest absolute Gasteiger partial charge is 0.236 e. The van der Waals surface area contributed by atoms with Crippen LogP contribution >= 0.6 is 0 Å². The third-order valence-corrected chi connectivity index (χ3v) is 2.46. The fourth-order valence-corrected chi connectivity index (χ4v) is 1.27. The van der Waals surface area contributed by atoms with Gasteiger partial charge in [-0.1, -0.05) is 18.2 Å². The standard InChI is InChI=1S/C13H20N2O2/c1-11(14-2)13(16)15-9-6-10-17-12-7-4-3-5-8-12/h3-5,7-8,11,14H,6,9-10H2,1-2H3,(H,15,16). The molecule has 0 bridgehead atoms. The van der Waals surface area contributed by atoms with Crippen molar-refractivity contribution in [3.63, 3.8) is 0 Å². The first-order chi connectivity index (χ1) is 8.24. The van der Waals surface area contributed by atoms with E-state index in [9.17, 15) is 4.79 Å². The van der Waals surface area contributed by atoms with Gasteiger partial charge in [0.2, 0.25) is 5.91 Å². The van der Waals surface area contributed by atoms with Gasteiger partial charge in [0.15, 0.2) is 0 Å². The van der Waals surface area contributed by atoms with Gasteiger partial charge in [-0.05, 0) is 32.5 Å². The fourth-order valence-electron chi connectivity index (χ4n) is 1.27. The molecule has 0 radical (unpaired) electrons. The number of hydrogen-bond acceptors (Lipinski definition) is 3. The van der Waals surface area contributed by atoms with E-state index in [1.54, 1.807) is 7.05 Å². The minimum absolute atomic E-state index is 0.0206. The van der Waals surface area contributed by atoms with Gasteiger partial charge in [0.25, 0.3) is 0 Å². The number of amides is 1. The number of rotatable bonds is 7. The molecule has 17 heavy (non-hydrogen) atoms. The number of carbonyl (C=O) groups is 1. The van der Waals surface area contributed by atoms with Crippen molar-refractivity contribution in [2.45, 2.75) is 19.4 Å². The zero-order valence-corrected chi connectivity index (χ0v) is 10.4. The van der Waals surface area contributed by atoms with Gasteiger partial charge in [-0.2, -0.15) is 0 Å². The van der Waals surface area contributed by atoms with E-state index < -0.39 is 0 Å². The predicted octanol–water partition coefficient (Wildman–Crippen LogP) is 1.18. The fraction of sp³-hybridized carbons (Fsp3) is 0.462. The monoisotopic (exact) mass is 236 g/mol. The van der Waals surface area contributed by atoms with Crippen molar-refractivity contribution >= 4 is 5.91 Å². The molecule has 0 spiro atoms. The summed E-state index contributed by atoms with van der Waals surface area (Å²) in [5.74, 6) is 0.884. The van der Waals surface area contributed by atoms with Crippen molar-refractivity contribution in [3.8, 4) is 5.75 Å². The summed E-state index contributed by atoms with van der Waals surface area (Å²) in [5.41, 5.74) is 0. The maximum Gasteiger partial charge on any atom is 0.236 e. The number of para-hydroxylation sites is 1. The van der Waals surface area contributed by atoms with Crippen LogP contribution in [0.3, 0.4) is 0 Å². The Morgan fingerprint density at radius 1 is 1.35 bits per heavy atom. The lowest BCUT2D eigenvalue weighted by Gasteiger charge is -2.11. The van der Waals surface area contributed by atoms with Gasteiger partial charge in [0.05, 0.1) is 12.6 Å². The number of carbonyl (C=O) groups excluding carboxylic acids is 1. The summed E-state index contributed by atoms with van der Waals surface area (Å²) in [6, 6.07) is 9.51. The Balaban J connectivity index is 2.07. The molecule has 0 saturated carbocycles. The summed E-state index contributed by atoms with van der Waals surface area (Å²) in [6.45, 7) is 3.08. The van der Waals surface area contributed by atoms with Gasteiger partial charge in [-0.25, -0.2) is 0 Å². The molecule has 1 aromatic rings. The molecule has 0 fully saturated rings. The Morgan fingerprint density at radius 2 is 2.06 bits per heavy atom. The SMILES string of the molecule is CNC(C)C(=O)NCCCOc1ccccc1. The summed E-state index contributed by atoms with van der Waals surface area (Å²) in [7, 11) is 1.77. The number of ether oxygens (including phenoxy) is 1. The van der Waals surface area contributed by atoms with Crippen molar-refractivity contribution in [2.24, 2.45) is 0 Å². The molecule has 0 heterocycles. The lowest BCUT2D eigenvalue weighted by Crippen LogP contribution is -2.40. The van der Waals surface area contributed by atoms with Crippen molar-refractivity contribution in [1.29, 1.82) is 0 Å². The molecule has 1 rings (SSSR count). The molecule has 4 nitrogen and oxygen atoms in total. The van der Waals surface area contributed by atoms with Gasteiger partial charge >= 0.3 is 0 Å². The van der Waals surface area contributed by atoms with Gasteiger partial charge < -0.3 is 15.4 Å². The topological polar surface area (TPSA) is 50.4 Å². The number of hydrogen-bond donors (Lipinski definition) is 2. The van der Waals surface area contributed by atoms with E-state index in [0.717, 1.165) is 12.2 Å². The normalized spacial score (nSPS) is 11.9. The van der Waals surface area contributed by atoms with Crippen LogP contribution in [0.4, 0.5) is 0 Å². The van der Waals surface area contributed by atoms with Crippen LogP contribution in [0.25, 0.3) is 0 Å². The molecule has 0 aliphatic carbocycles. The molecule has 0 aliphatic rings. The zero-order valence-electron chi connectivity index (χ0n) is 10.4. The van der Waals surface area contributed by atoms with Crippen LogP contribution in [0.2, 0.25) is 0 Å². The van der Waals surface area contributed by atoms with Crippen molar-refractivity contribution in [1.82, 2.24) is 10.6 Å². The number of benzene rings is 1. The highest BCUT2D eigenvalue weighted by molar-refractivity contribution is 5.81. The molecule has 1 aromatic carbocycles. The third-order valence-electron chi connectivity index (χ3n) is 2.46. The quantitative estimate of drug-likeness (QED) is 0.699. The van der Waals surface area contributed by atoms with Crippen molar-refractivity contribution in [3.05, 3.63) is 30.3 Å². The average molecular weight is 236 g/mol. The molecule has 94 valence electrons. The second-order valence-corrected chi connectivity index (χ2v) is 3.82. The second-order valence-electron chi connectivity index (χ2n) is 3.82. The minimum atomic E-state index is -0.148. The highest BCUT2D eigenvalue weighted by Crippen LogP contribution is 2.07. The Kier molecular flexibility index (Phi) is 6.10. The average Bonchev–Trinajstić information content (AvgIpc) is 2.38. The molecule has 4 heteroatoms. The van der Waals surface area contributed by atoms with Crippen molar-refractivity contribution < 1.29 is 9.53 Å². The molecule has 0 aromatic heterocycles. The summed E-state index contributed by atoms with van der Waals surface area (Å²) < 4.78 is 5.51. The largest absolute Gasteiger partial charge is 0.494 e. The van der Waals surface area contributed by atoms with E-state index in [1.165, 1.54) is 0 Å². The molecular formula is C13H20N2O2. The summed E-state index contributed by atoms with van der Waals surface area (Å²) in [5, 5.41) is 5.73. The van der Waals surface area contributed by atoms with Gasteiger partial charge in [0.1, 0.15) is 5.75 Å². The van der Waals surface area contributed by atoms with Crippen LogP contribution in [0, 0.1) is 0 Å². The Morgan fingerprint density at radius 3 is 2.71 bits per heavy atom. The van der Waals surface area contributed by atoms with E-state index in [2.05, 4.69) is 10.6 Å². The van der Waals surface area contributed by atoms with Crippen LogP contribution in [0.15, 0.2) is 30.3 Å². The third kappa shape index (κ3) is 5.36. The van der Waals surface area contributed by atoms with Crippen LogP contribution in [0.5, 0.6) is 5.75 Å². The van der Waals surface area contributed by atoms with Crippen LogP contribution in [0.1, 0.15) is 13.3 Å². The minimum Gasteiger partial charge on any atom is -0.494 e. The summed E-state index contributed by atoms with van der Waals surface area (Å²) in [4.78, 5) is 11.4. The lowest BCUT2D eigenvalue weighted by molar-refractivity contribution is -0.122. The number of likely N-dealkylation sites (N-methyl/N-ethyl adjacent to an activating group) is 1. The summed E-state index contributed by atoms with van der Waals surface area (Å²) in [6.07, 6.45) is 0.803. The number of nitrogens with one attached hydrogen (secondary N) is 2. The molecule has 0 saturated heterocycles. The molecule has 1 unspecified atom stereocenters. The lowest BCUT2D eigenvalue weighted by atomic mass is 10.3. The molecular weight excluding hydrogens is 216 g/mol.